The Bertz CT molecular complexity index is 453. The predicted molar refractivity (Wildman–Crippen MR) is 86.2 cm³/mol. The lowest BCUT2D eigenvalue weighted by atomic mass is 9.96. The molecule has 4 heteroatoms. The summed E-state index contributed by atoms with van der Waals surface area (Å²) >= 11 is 0. The van der Waals surface area contributed by atoms with E-state index in [1.807, 2.05) is 24.3 Å². The molecule has 1 aromatic carbocycles. The maximum atomic E-state index is 5.88. The zero-order valence-electron chi connectivity index (χ0n) is 13.5. The predicted octanol–water partition coefficient (Wildman–Crippen LogP) is 3.35. The molecule has 22 heavy (non-hydrogen) atoms. The Morgan fingerprint density at radius 2 is 2.09 bits per heavy atom. The van der Waals surface area contributed by atoms with Gasteiger partial charge in [0, 0.05) is 6.61 Å². The number of hydrogen-bond acceptors (Lipinski definition) is 4. The number of epoxide rings is 1. The lowest BCUT2D eigenvalue weighted by Gasteiger charge is -2.27. The van der Waals surface area contributed by atoms with Gasteiger partial charge in [-0.25, -0.2) is 0 Å². The first-order valence-corrected chi connectivity index (χ1v) is 7.75. The third kappa shape index (κ3) is 5.13. The molecule has 0 aromatic heterocycles. The molecule has 0 aliphatic carbocycles. The number of methoxy groups -OCH3 is 1. The highest BCUT2D eigenvalue weighted by molar-refractivity contribution is 5.26. The van der Waals surface area contributed by atoms with E-state index in [4.69, 9.17) is 18.9 Å². The molecule has 122 valence electrons. The third-order valence-electron chi connectivity index (χ3n) is 3.93. The summed E-state index contributed by atoms with van der Waals surface area (Å²) in [6.45, 7) is 8.49. The molecule has 2 atom stereocenters. The van der Waals surface area contributed by atoms with Crippen molar-refractivity contribution in [2.24, 2.45) is 0 Å². The van der Waals surface area contributed by atoms with Crippen LogP contribution in [0.1, 0.15) is 25.3 Å². The molecule has 1 aliphatic rings. The van der Waals surface area contributed by atoms with Crippen LogP contribution < -0.4 is 4.74 Å². The summed E-state index contributed by atoms with van der Waals surface area (Å²) in [7, 11) is 1.67. The number of rotatable bonds is 11. The van der Waals surface area contributed by atoms with Crippen molar-refractivity contribution >= 4 is 0 Å². The molecule has 1 saturated heterocycles. The van der Waals surface area contributed by atoms with Crippen molar-refractivity contribution in [1.29, 1.82) is 0 Å². The van der Waals surface area contributed by atoms with E-state index < -0.39 is 0 Å². The van der Waals surface area contributed by atoms with E-state index in [1.165, 1.54) is 0 Å². The normalized spacial score (nSPS) is 19.5. The van der Waals surface area contributed by atoms with Crippen LogP contribution in [0.25, 0.3) is 0 Å². The van der Waals surface area contributed by atoms with E-state index in [0.29, 0.717) is 19.8 Å². The second-order valence-electron chi connectivity index (χ2n) is 5.74. The molecule has 1 aliphatic heterocycles. The minimum atomic E-state index is -0.225. The van der Waals surface area contributed by atoms with Crippen molar-refractivity contribution in [3.8, 4) is 5.75 Å². The van der Waals surface area contributed by atoms with E-state index in [2.05, 4.69) is 13.5 Å². The molecule has 0 spiro atoms. The lowest BCUT2D eigenvalue weighted by molar-refractivity contribution is -0.0481. The minimum absolute atomic E-state index is 0.217. The molecular formula is C18H26O4. The first-order valence-electron chi connectivity index (χ1n) is 7.75. The van der Waals surface area contributed by atoms with Crippen molar-refractivity contribution in [3.63, 3.8) is 0 Å². The molecule has 2 rings (SSSR count). The summed E-state index contributed by atoms with van der Waals surface area (Å²) in [5.41, 5.74) is 0.925. The van der Waals surface area contributed by atoms with Gasteiger partial charge in [-0.2, -0.15) is 0 Å². The monoisotopic (exact) mass is 306 g/mol. The summed E-state index contributed by atoms with van der Waals surface area (Å²) < 4.78 is 22.2. The van der Waals surface area contributed by atoms with E-state index in [-0.39, 0.29) is 11.7 Å². The van der Waals surface area contributed by atoms with Crippen molar-refractivity contribution in [1.82, 2.24) is 0 Å². The molecular weight excluding hydrogens is 280 g/mol. The standard InChI is InChI=1S/C18H26O4/c1-4-11-22-18(2,17-14-21-17)10-5-12-20-13-15-6-8-16(19-3)9-7-15/h4,6-9,17H,1,5,10-14H2,2-3H3/t17-,18+/m1/s1. The molecule has 1 fully saturated rings. The van der Waals surface area contributed by atoms with Crippen LogP contribution in [-0.2, 0) is 20.8 Å². The highest BCUT2D eigenvalue weighted by atomic mass is 16.6. The fraction of sp³-hybridized carbons (Fsp3) is 0.556. The van der Waals surface area contributed by atoms with E-state index in [1.54, 1.807) is 13.2 Å². The van der Waals surface area contributed by atoms with Crippen molar-refractivity contribution < 1.29 is 18.9 Å². The molecule has 0 amide bonds. The van der Waals surface area contributed by atoms with Crippen LogP contribution in [0.3, 0.4) is 0 Å². The number of ether oxygens (including phenoxy) is 4. The Hall–Kier alpha value is -1.36. The van der Waals surface area contributed by atoms with Gasteiger partial charge in [-0.15, -0.1) is 6.58 Å². The van der Waals surface area contributed by atoms with E-state index in [0.717, 1.165) is 30.8 Å². The first-order chi connectivity index (χ1) is 10.7. The van der Waals surface area contributed by atoms with Crippen LogP contribution in [0.2, 0.25) is 0 Å². The molecule has 1 aromatic rings. The Balaban J connectivity index is 1.65. The van der Waals surface area contributed by atoms with Gasteiger partial charge in [0.05, 0.1) is 32.5 Å². The quantitative estimate of drug-likeness (QED) is 0.357. The Kier molecular flexibility index (Phi) is 6.43. The summed E-state index contributed by atoms with van der Waals surface area (Å²) in [5.74, 6) is 0.864. The zero-order valence-corrected chi connectivity index (χ0v) is 13.5. The van der Waals surface area contributed by atoms with E-state index >= 15 is 0 Å². The van der Waals surface area contributed by atoms with Gasteiger partial charge in [0.25, 0.3) is 0 Å². The van der Waals surface area contributed by atoms with Gasteiger partial charge < -0.3 is 18.9 Å². The Labute approximate surface area is 133 Å². The maximum Gasteiger partial charge on any atom is 0.118 e. The minimum Gasteiger partial charge on any atom is -0.497 e. The van der Waals surface area contributed by atoms with Crippen LogP contribution >= 0.6 is 0 Å². The number of benzene rings is 1. The highest BCUT2D eigenvalue weighted by Gasteiger charge is 2.43. The number of hydrogen-bond donors (Lipinski definition) is 0. The lowest BCUT2D eigenvalue weighted by Crippen LogP contribution is -2.35. The van der Waals surface area contributed by atoms with Crippen LogP contribution in [0.4, 0.5) is 0 Å². The summed E-state index contributed by atoms with van der Waals surface area (Å²) in [5, 5.41) is 0. The van der Waals surface area contributed by atoms with Crippen LogP contribution in [-0.4, -0.2) is 38.6 Å². The maximum absolute atomic E-state index is 5.88. The van der Waals surface area contributed by atoms with Gasteiger partial charge in [0.1, 0.15) is 11.9 Å². The topological polar surface area (TPSA) is 40.2 Å². The molecule has 4 nitrogen and oxygen atoms in total. The molecule has 0 bridgehead atoms. The van der Waals surface area contributed by atoms with Crippen molar-refractivity contribution in [2.75, 3.05) is 26.9 Å². The highest BCUT2D eigenvalue weighted by Crippen LogP contribution is 2.32. The van der Waals surface area contributed by atoms with Crippen LogP contribution in [0.15, 0.2) is 36.9 Å². The van der Waals surface area contributed by atoms with Gasteiger partial charge in [-0.05, 0) is 37.5 Å². The van der Waals surface area contributed by atoms with Crippen LogP contribution in [0, 0.1) is 0 Å². The van der Waals surface area contributed by atoms with E-state index in [9.17, 15) is 0 Å². The van der Waals surface area contributed by atoms with Crippen LogP contribution in [0.5, 0.6) is 5.75 Å². The molecule has 0 unspecified atom stereocenters. The summed E-state index contributed by atoms with van der Waals surface area (Å²) in [4.78, 5) is 0. The largest absolute Gasteiger partial charge is 0.497 e. The SMILES string of the molecule is C=CCO[C@@](C)(CCCOCc1ccc(OC)cc1)[C@H]1CO1. The first kappa shape index (κ1) is 17.0. The van der Waals surface area contributed by atoms with Gasteiger partial charge in [-0.1, -0.05) is 18.2 Å². The van der Waals surface area contributed by atoms with Crippen molar-refractivity contribution in [3.05, 3.63) is 42.5 Å². The van der Waals surface area contributed by atoms with Gasteiger partial charge in [0.15, 0.2) is 0 Å². The van der Waals surface area contributed by atoms with Gasteiger partial charge in [-0.3, -0.25) is 0 Å². The smallest absolute Gasteiger partial charge is 0.118 e. The van der Waals surface area contributed by atoms with Gasteiger partial charge in [0.2, 0.25) is 0 Å². The molecule has 1 heterocycles. The molecule has 0 radical (unpaired) electrons. The fourth-order valence-corrected chi connectivity index (χ4v) is 2.41. The molecule has 0 saturated carbocycles. The average molecular weight is 306 g/mol. The Morgan fingerprint density at radius 3 is 2.68 bits per heavy atom. The van der Waals surface area contributed by atoms with Crippen molar-refractivity contribution in [2.45, 2.75) is 38.1 Å². The van der Waals surface area contributed by atoms with Gasteiger partial charge >= 0.3 is 0 Å². The fourth-order valence-electron chi connectivity index (χ4n) is 2.41. The Morgan fingerprint density at radius 1 is 1.36 bits per heavy atom. The summed E-state index contributed by atoms with van der Waals surface area (Å²) in [6.07, 6.45) is 3.87. The molecule has 0 N–H and O–H groups in total. The average Bonchev–Trinajstić information content (AvgIpc) is 3.38. The zero-order chi connectivity index (χ0) is 15.8. The summed E-state index contributed by atoms with van der Waals surface area (Å²) in [6, 6.07) is 7.94. The third-order valence-corrected chi connectivity index (χ3v) is 3.93. The second-order valence-corrected chi connectivity index (χ2v) is 5.74. The second kappa shape index (κ2) is 8.32.